The number of hydrogen-bond donors (Lipinski definition) is 2. The molecule has 0 aliphatic carbocycles. The quantitative estimate of drug-likeness (QED) is 0.463. The number of carbonyl (C=O) groups excluding carboxylic acids is 3. The van der Waals surface area contributed by atoms with Crippen LogP contribution in [0.4, 0.5) is 5.69 Å². The smallest absolute Gasteiger partial charge is 0.265 e. The van der Waals surface area contributed by atoms with Crippen molar-refractivity contribution in [3.8, 4) is 5.75 Å². The van der Waals surface area contributed by atoms with Gasteiger partial charge in [-0.2, -0.15) is 0 Å². The van der Waals surface area contributed by atoms with E-state index >= 15 is 0 Å². The highest BCUT2D eigenvalue weighted by atomic mass is 16.5. The zero-order chi connectivity index (χ0) is 25.3. The summed E-state index contributed by atoms with van der Waals surface area (Å²) in [5.74, 6) is -0.635. The summed E-state index contributed by atoms with van der Waals surface area (Å²) < 4.78 is 6.31. The van der Waals surface area contributed by atoms with Crippen LogP contribution in [0.5, 0.6) is 5.75 Å². The van der Waals surface area contributed by atoms with Gasteiger partial charge in [-0.15, -0.1) is 0 Å². The van der Waals surface area contributed by atoms with Crippen LogP contribution in [0, 0.1) is 0 Å². The molecule has 1 atom stereocenters. The molecule has 3 rings (SSSR count). The van der Waals surface area contributed by atoms with Crippen molar-refractivity contribution in [2.75, 3.05) is 5.32 Å². The van der Waals surface area contributed by atoms with Crippen LogP contribution >= 0.6 is 0 Å². The molecule has 1 unspecified atom stereocenters. The van der Waals surface area contributed by atoms with Crippen LogP contribution in [0.25, 0.3) is 0 Å². The molecule has 0 fully saturated rings. The molecule has 182 valence electrons. The first kappa shape index (κ1) is 25.5. The lowest BCUT2D eigenvalue weighted by atomic mass is 9.76. The Morgan fingerprint density at radius 2 is 1.65 bits per heavy atom. The molecule has 6 heteroatoms. The summed E-state index contributed by atoms with van der Waals surface area (Å²) in [7, 11) is 0. The number of anilines is 1. The van der Waals surface area contributed by atoms with Crippen molar-refractivity contribution in [1.82, 2.24) is 5.32 Å². The Morgan fingerprint density at radius 3 is 2.26 bits per heavy atom. The Balaban J connectivity index is 1.92. The lowest BCUT2D eigenvalue weighted by molar-refractivity contribution is -0.122. The third-order valence-corrected chi connectivity index (χ3v) is 7.21. The van der Waals surface area contributed by atoms with Gasteiger partial charge in [-0.1, -0.05) is 66.7 Å². The summed E-state index contributed by atoms with van der Waals surface area (Å²) in [6.07, 6.45) is 1.62. The van der Waals surface area contributed by atoms with Gasteiger partial charge in [-0.25, -0.2) is 0 Å². The average Bonchev–Trinajstić information content (AvgIpc) is 3.11. The zero-order valence-corrected chi connectivity index (χ0v) is 21.3. The molecule has 1 heterocycles. The Bertz CT molecular complexity index is 1120. The molecule has 2 aromatic rings. The summed E-state index contributed by atoms with van der Waals surface area (Å²) in [6.45, 7) is 15.0. The molecule has 2 N–H and O–H groups in total. The van der Waals surface area contributed by atoms with E-state index < -0.39 is 17.9 Å². The van der Waals surface area contributed by atoms with Crippen LogP contribution in [0.2, 0.25) is 0 Å². The first-order valence-electron chi connectivity index (χ1n) is 12.1. The number of amides is 3. The number of benzene rings is 2. The molecule has 3 amide bonds. The van der Waals surface area contributed by atoms with Crippen molar-refractivity contribution < 1.29 is 19.1 Å². The summed E-state index contributed by atoms with van der Waals surface area (Å²) in [5.41, 5.74) is 2.97. The molecule has 1 aliphatic rings. The number of rotatable bonds is 9. The van der Waals surface area contributed by atoms with Crippen LogP contribution < -0.4 is 15.4 Å². The van der Waals surface area contributed by atoms with E-state index in [0.717, 1.165) is 18.4 Å². The largest absolute Gasteiger partial charge is 0.480 e. The highest BCUT2D eigenvalue weighted by molar-refractivity contribution is 6.24. The van der Waals surface area contributed by atoms with Gasteiger partial charge in [0.05, 0.1) is 16.8 Å². The molecule has 1 aliphatic heterocycles. The van der Waals surface area contributed by atoms with E-state index in [-0.39, 0.29) is 27.9 Å². The van der Waals surface area contributed by atoms with Crippen molar-refractivity contribution in [2.24, 2.45) is 0 Å². The van der Waals surface area contributed by atoms with Gasteiger partial charge in [0.1, 0.15) is 5.75 Å². The second kappa shape index (κ2) is 9.61. The fraction of sp³-hybridized carbons (Fsp3) is 0.464. The fourth-order valence-electron chi connectivity index (χ4n) is 3.99. The minimum atomic E-state index is -0.757. The predicted molar refractivity (Wildman–Crippen MR) is 135 cm³/mol. The molecule has 34 heavy (non-hydrogen) atoms. The van der Waals surface area contributed by atoms with E-state index in [1.54, 1.807) is 18.2 Å². The first-order chi connectivity index (χ1) is 15.9. The number of imide groups is 1. The molecule has 0 saturated carbocycles. The lowest BCUT2D eigenvalue weighted by Gasteiger charge is -2.31. The molecule has 0 aromatic heterocycles. The van der Waals surface area contributed by atoms with E-state index in [1.807, 2.05) is 13.0 Å². The molecule has 2 aromatic carbocycles. The third-order valence-electron chi connectivity index (χ3n) is 7.21. The number of nitrogens with one attached hydrogen (secondary N) is 2. The highest BCUT2D eigenvalue weighted by Gasteiger charge is 2.32. The average molecular weight is 465 g/mol. The van der Waals surface area contributed by atoms with Gasteiger partial charge >= 0.3 is 0 Å². The van der Waals surface area contributed by atoms with Crippen molar-refractivity contribution in [2.45, 2.75) is 84.7 Å². The maximum atomic E-state index is 13.2. The van der Waals surface area contributed by atoms with Crippen LogP contribution in [0.15, 0.2) is 36.4 Å². The Morgan fingerprint density at radius 1 is 0.971 bits per heavy atom. The third kappa shape index (κ3) is 4.86. The summed E-state index contributed by atoms with van der Waals surface area (Å²) in [6, 6.07) is 11.1. The first-order valence-corrected chi connectivity index (χ1v) is 12.1. The van der Waals surface area contributed by atoms with Crippen LogP contribution in [0.3, 0.4) is 0 Å². The second-order valence-electron chi connectivity index (χ2n) is 10.2. The number of fused-ring (bicyclic) bond motifs is 1. The summed E-state index contributed by atoms with van der Waals surface area (Å²) in [5, 5.41) is 5.08. The lowest BCUT2D eigenvalue weighted by Crippen LogP contribution is -2.34. The Hall–Kier alpha value is -3.15. The summed E-state index contributed by atoms with van der Waals surface area (Å²) >= 11 is 0. The molecular weight excluding hydrogens is 428 g/mol. The van der Waals surface area contributed by atoms with Crippen LogP contribution in [-0.4, -0.2) is 23.8 Å². The normalized spacial score (nSPS) is 14.4. The topological polar surface area (TPSA) is 84.5 Å². The van der Waals surface area contributed by atoms with Crippen molar-refractivity contribution in [1.29, 1.82) is 0 Å². The van der Waals surface area contributed by atoms with Gasteiger partial charge in [-0.05, 0) is 53.9 Å². The molecule has 0 saturated heterocycles. The minimum Gasteiger partial charge on any atom is -0.480 e. The molecule has 0 spiro atoms. The minimum absolute atomic E-state index is 0.0321. The van der Waals surface area contributed by atoms with E-state index in [9.17, 15) is 14.4 Å². The standard InChI is InChI=1S/C28H36N2O4/c1-8-21(25(32)29-20-13-11-12-18-23(20)26(33)30-24(18)31)34-22-15-14-17(27(4,5)9-2)16-19(22)28(6,7)10-3/h11-16,21H,8-10H2,1-7H3,(H,29,32)(H,30,31,33). The Kier molecular flexibility index (Phi) is 7.20. The molecule has 6 nitrogen and oxygen atoms in total. The van der Waals surface area contributed by atoms with Crippen molar-refractivity contribution in [3.63, 3.8) is 0 Å². The molecular formula is C28H36N2O4. The summed E-state index contributed by atoms with van der Waals surface area (Å²) in [4.78, 5) is 37.4. The molecule has 0 radical (unpaired) electrons. The second-order valence-corrected chi connectivity index (χ2v) is 10.2. The predicted octanol–water partition coefficient (Wildman–Crippen LogP) is 5.74. The van der Waals surface area contributed by atoms with Gasteiger partial charge in [0, 0.05) is 5.56 Å². The van der Waals surface area contributed by atoms with E-state index in [0.29, 0.717) is 17.9 Å². The van der Waals surface area contributed by atoms with E-state index in [1.165, 1.54) is 5.56 Å². The van der Waals surface area contributed by atoms with Gasteiger partial charge < -0.3 is 10.1 Å². The SMILES string of the molecule is CCC(Oc1ccc(C(C)(C)CC)cc1C(C)(C)CC)C(=O)Nc1cccc2c1C(=O)NC2=O. The van der Waals surface area contributed by atoms with Gasteiger partial charge in [0.25, 0.3) is 17.7 Å². The number of ether oxygens (including phenoxy) is 1. The number of hydrogen-bond acceptors (Lipinski definition) is 4. The zero-order valence-electron chi connectivity index (χ0n) is 21.3. The number of carbonyl (C=O) groups is 3. The van der Waals surface area contributed by atoms with Gasteiger partial charge in [0.15, 0.2) is 6.10 Å². The van der Waals surface area contributed by atoms with Crippen molar-refractivity contribution in [3.05, 3.63) is 58.7 Å². The van der Waals surface area contributed by atoms with Gasteiger partial charge in [-0.3, -0.25) is 19.7 Å². The van der Waals surface area contributed by atoms with E-state index in [2.05, 4.69) is 64.3 Å². The van der Waals surface area contributed by atoms with Gasteiger partial charge in [0.2, 0.25) is 0 Å². The Labute approximate surface area is 202 Å². The monoisotopic (exact) mass is 464 g/mol. The molecule has 0 bridgehead atoms. The van der Waals surface area contributed by atoms with Crippen LogP contribution in [-0.2, 0) is 15.6 Å². The maximum absolute atomic E-state index is 13.2. The highest BCUT2D eigenvalue weighted by Crippen LogP contribution is 2.39. The fourth-order valence-corrected chi connectivity index (χ4v) is 3.99. The van der Waals surface area contributed by atoms with Crippen LogP contribution in [0.1, 0.15) is 99.6 Å². The van der Waals surface area contributed by atoms with Crippen molar-refractivity contribution >= 4 is 23.4 Å². The van der Waals surface area contributed by atoms with E-state index in [4.69, 9.17) is 4.74 Å². The maximum Gasteiger partial charge on any atom is 0.265 e.